The Kier molecular flexibility index (Phi) is 9.29. The Balaban J connectivity index is 0.000000616. The number of aromatic nitrogens is 2. The molecule has 0 atom stereocenters. The molecule has 136 valence electrons. The van der Waals surface area contributed by atoms with Crippen LogP contribution in [0.1, 0.15) is 18.2 Å². The summed E-state index contributed by atoms with van der Waals surface area (Å²) in [6.45, 7) is 0.972. The van der Waals surface area contributed by atoms with Crippen LogP contribution in [-0.2, 0) is 21.3 Å². The molecule has 6 nitrogen and oxygen atoms in total. The number of benzene rings is 1. The maximum absolute atomic E-state index is 8.89. The van der Waals surface area contributed by atoms with E-state index in [0.717, 1.165) is 23.9 Å². The zero-order chi connectivity index (χ0) is 17.9. The molecule has 0 saturated heterocycles. The number of carbonyl (C=O) groups is 1. The fourth-order valence-corrected chi connectivity index (χ4v) is 1.91. The summed E-state index contributed by atoms with van der Waals surface area (Å²) in [6, 6.07) is 21.4. The van der Waals surface area contributed by atoms with Gasteiger partial charge in [-0.05, 0) is 31.2 Å². The summed E-state index contributed by atoms with van der Waals surface area (Å²) in [7, 11) is 0. The number of hydrogen-bond acceptors (Lipinski definition) is 6. The fraction of sp³-hybridized carbons (Fsp3) is 0.0526. The molecule has 3 aromatic rings. The molecule has 0 saturated carbocycles. The number of carboxylic acid groups (broad SMARTS) is 1. The van der Waals surface area contributed by atoms with Gasteiger partial charge in [0.15, 0.2) is 0 Å². The molecule has 0 bridgehead atoms. The van der Waals surface area contributed by atoms with Gasteiger partial charge in [-0.2, -0.15) is 5.10 Å². The Morgan fingerprint density at radius 3 is 2.04 bits per heavy atom. The number of nitrogens with zero attached hydrogens (tertiary/aromatic N) is 3. The van der Waals surface area contributed by atoms with Crippen LogP contribution >= 0.6 is 0 Å². The van der Waals surface area contributed by atoms with Gasteiger partial charge in [-0.25, -0.2) is 4.98 Å². The minimum absolute atomic E-state index is 0. The predicted molar refractivity (Wildman–Crippen MR) is 94.9 cm³/mol. The van der Waals surface area contributed by atoms with Crippen LogP contribution < -0.4 is 10.5 Å². The Labute approximate surface area is 162 Å². The fourth-order valence-electron chi connectivity index (χ4n) is 1.91. The maximum atomic E-state index is 8.89. The van der Waals surface area contributed by atoms with Crippen molar-refractivity contribution >= 4 is 17.5 Å². The van der Waals surface area contributed by atoms with Crippen LogP contribution in [0.4, 0.5) is 5.82 Å². The van der Waals surface area contributed by atoms with Crippen molar-refractivity contribution in [3.8, 4) is 0 Å². The van der Waals surface area contributed by atoms with Gasteiger partial charge in [0.2, 0.25) is 0 Å². The van der Waals surface area contributed by atoms with Crippen molar-refractivity contribution in [3.05, 3.63) is 90.4 Å². The molecule has 2 aromatic heterocycles. The third kappa shape index (κ3) is 7.24. The topological polar surface area (TPSA) is 90.3 Å². The average Bonchev–Trinajstić information content (AvgIpc) is 2.64. The molecule has 0 aliphatic heterocycles. The van der Waals surface area contributed by atoms with Crippen LogP contribution in [0.3, 0.4) is 0 Å². The van der Waals surface area contributed by atoms with E-state index in [4.69, 9.17) is 9.90 Å². The number of rotatable bonds is 4. The van der Waals surface area contributed by atoms with E-state index in [2.05, 4.69) is 20.5 Å². The molecule has 1 aromatic carbocycles. The van der Waals surface area contributed by atoms with Crippen molar-refractivity contribution in [1.29, 1.82) is 0 Å². The monoisotopic (exact) mass is 391 g/mol. The van der Waals surface area contributed by atoms with Gasteiger partial charge in [-0.3, -0.25) is 10.4 Å². The minimum atomic E-state index is -1.08. The number of anilines is 1. The smallest absolute Gasteiger partial charge is 0.146 e. The molecule has 1 N–H and O–H groups in total. The third-order valence-electron chi connectivity index (χ3n) is 2.90. The van der Waals surface area contributed by atoms with E-state index in [-0.39, 0.29) is 16.5 Å². The summed E-state index contributed by atoms with van der Waals surface area (Å²) in [5.74, 6) is -0.387. The molecule has 0 unspecified atom stereocenters. The van der Waals surface area contributed by atoms with Gasteiger partial charge < -0.3 is 9.90 Å². The minimum Gasteiger partial charge on any atom is -0.550 e. The molecular weight excluding hydrogens is 375 g/mol. The first-order chi connectivity index (χ1) is 12.2. The van der Waals surface area contributed by atoms with Crippen LogP contribution in [0.25, 0.3) is 0 Å². The van der Waals surface area contributed by atoms with Crippen molar-refractivity contribution in [2.24, 2.45) is 5.10 Å². The van der Waals surface area contributed by atoms with E-state index in [0.29, 0.717) is 5.82 Å². The van der Waals surface area contributed by atoms with Crippen molar-refractivity contribution in [2.45, 2.75) is 6.92 Å². The standard InChI is InChI=1S/C17H14N4.C2H4O2.Ni/c1-2-8-14(9-3-1)17(15-10-4-6-12-18-15)21-20-16-11-5-7-13-19-16;1-2(3)4;/h1-13H,(H,19,20);1H3,(H,3,4);/p-1. The Bertz CT molecular complexity index is 767. The number of aliphatic carboxylic acids is 1. The molecule has 0 aliphatic rings. The van der Waals surface area contributed by atoms with Crippen LogP contribution in [0.15, 0.2) is 84.2 Å². The molecule has 2 heterocycles. The Hall–Kier alpha value is -3.05. The van der Waals surface area contributed by atoms with E-state index in [1.807, 2.05) is 66.7 Å². The Morgan fingerprint density at radius 1 is 0.923 bits per heavy atom. The number of carboxylic acids is 1. The summed E-state index contributed by atoms with van der Waals surface area (Å²) in [6.07, 6.45) is 3.48. The van der Waals surface area contributed by atoms with Crippen molar-refractivity contribution in [3.63, 3.8) is 0 Å². The molecule has 0 aliphatic carbocycles. The van der Waals surface area contributed by atoms with E-state index in [1.165, 1.54) is 0 Å². The second-order valence-electron chi connectivity index (χ2n) is 4.86. The zero-order valence-electron chi connectivity index (χ0n) is 14.0. The number of pyridine rings is 2. The zero-order valence-corrected chi connectivity index (χ0v) is 15.0. The number of carbonyl (C=O) groups excluding carboxylic acids is 1. The quantitative estimate of drug-likeness (QED) is 0.417. The number of hydrogen-bond donors (Lipinski definition) is 1. The molecular formula is C19H17N4NiO2-. The van der Waals surface area contributed by atoms with Crippen LogP contribution in [0.2, 0.25) is 0 Å². The summed E-state index contributed by atoms with van der Waals surface area (Å²) in [4.78, 5) is 17.5. The predicted octanol–water partition coefficient (Wildman–Crippen LogP) is 2.09. The molecule has 0 spiro atoms. The first-order valence-corrected chi connectivity index (χ1v) is 7.56. The first kappa shape index (κ1) is 21.0. The maximum Gasteiger partial charge on any atom is 0.146 e. The first-order valence-electron chi connectivity index (χ1n) is 7.56. The Morgan fingerprint density at radius 2 is 1.50 bits per heavy atom. The second kappa shape index (κ2) is 11.5. The van der Waals surface area contributed by atoms with Gasteiger partial charge in [0.25, 0.3) is 0 Å². The van der Waals surface area contributed by atoms with E-state index >= 15 is 0 Å². The molecule has 3 rings (SSSR count). The van der Waals surface area contributed by atoms with Gasteiger partial charge in [0, 0.05) is 40.4 Å². The molecule has 26 heavy (non-hydrogen) atoms. The SMILES string of the molecule is CC(=O)[O-].[Ni].c1ccc(C(=NNc2ccccn2)c2ccccn2)cc1. The van der Waals surface area contributed by atoms with E-state index < -0.39 is 5.97 Å². The van der Waals surface area contributed by atoms with Crippen LogP contribution in [0, 0.1) is 0 Å². The van der Waals surface area contributed by atoms with Gasteiger partial charge in [0.05, 0.1) is 5.69 Å². The van der Waals surface area contributed by atoms with Gasteiger partial charge in [0.1, 0.15) is 11.5 Å². The number of nitrogens with one attached hydrogen (secondary N) is 1. The van der Waals surface area contributed by atoms with Gasteiger partial charge in [-0.15, -0.1) is 0 Å². The molecule has 7 heteroatoms. The largest absolute Gasteiger partial charge is 0.550 e. The average molecular weight is 392 g/mol. The molecule has 0 fully saturated rings. The van der Waals surface area contributed by atoms with Crippen molar-refractivity contribution in [2.75, 3.05) is 5.43 Å². The number of hydrazone groups is 1. The summed E-state index contributed by atoms with van der Waals surface area (Å²) in [5.41, 5.74) is 5.57. The van der Waals surface area contributed by atoms with E-state index in [9.17, 15) is 0 Å². The summed E-state index contributed by atoms with van der Waals surface area (Å²) in [5, 5.41) is 13.4. The van der Waals surface area contributed by atoms with Crippen LogP contribution in [-0.4, -0.2) is 21.6 Å². The van der Waals surface area contributed by atoms with Crippen LogP contribution in [0.5, 0.6) is 0 Å². The van der Waals surface area contributed by atoms with E-state index in [1.54, 1.807) is 12.4 Å². The molecule has 0 amide bonds. The van der Waals surface area contributed by atoms with Crippen molar-refractivity contribution < 1.29 is 26.4 Å². The third-order valence-corrected chi connectivity index (χ3v) is 2.90. The summed E-state index contributed by atoms with van der Waals surface area (Å²) >= 11 is 0. The van der Waals surface area contributed by atoms with Gasteiger partial charge >= 0.3 is 0 Å². The summed E-state index contributed by atoms with van der Waals surface area (Å²) < 4.78 is 0. The second-order valence-corrected chi connectivity index (χ2v) is 4.86. The normalized spacial score (nSPS) is 9.96. The van der Waals surface area contributed by atoms with Crippen molar-refractivity contribution in [1.82, 2.24) is 9.97 Å². The van der Waals surface area contributed by atoms with Gasteiger partial charge in [-0.1, -0.05) is 42.5 Å². The molecule has 0 radical (unpaired) electrons.